The summed E-state index contributed by atoms with van der Waals surface area (Å²) in [4.78, 5) is 28.5. The van der Waals surface area contributed by atoms with E-state index in [0.717, 1.165) is 11.1 Å². The summed E-state index contributed by atoms with van der Waals surface area (Å²) in [6.45, 7) is -1.15. The Morgan fingerprint density at radius 1 is 1.20 bits per heavy atom. The molecule has 0 radical (unpaired) electrons. The molecule has 2 atom stereocenters. The predicted molar refractivity (Wildman–Crippen MR) is 137 cm³/mol. The van der Waals surface area contributed by atoms with Crippen LogP contribution in [0.15, 0.2) is 43.0 Å². The Morgan fingerprint density at radius 3 is 2.65 bits per heavy atom. The van der Waals surface area contributed by atoms with E-state index in [-0.39, 0.29) is 23.6 Å². The van der Waals surface area contributed by atoms with Crippen molar-refractivity contribution in [3.8, 4) is 23.1 Å². The molecule has 1 amide bonds. The van der Waals surface area contributed by atoms with Crippen molar-refractivity contribution in [1.82, 2.24) is 29.5 Å². The highest BCUT2D eigenvalue weighted by Crippen LogP contribution is 2.54. The minimum atomic E-state index is -3.02. The summed E-state index contributed by atoms with van der Waals surface area (Å²) in [5, 5.41) is 14.1. The average Bonchev–Trinajstić information content (AvgIpc) is 3.45. The number of fused-ring (bicyclic) bond motifs is 9. The third-order valence-electron chi connectivity index (χ3n) is 8.44. The number of benzene rings is 1. The van der Waals surface area contributed by atoms with Gasteiger partial charge < -0.3 is 15.4 Å². The van der Waals surface area contributed by atoms with Crippen LogP contribution in [0.25, 0.3) is 16.8 Å². The third-order valence-corrected chi connectivity index (χ3v) is 8.44. The molecule has 3 aromatic heterocycles. The molecule has 0 saturated heterocycles. The van der Waals surface area contributed by atoms with Gasteiger partial charge in [-0.3, -0.25) is 4.79 Å². The van der Waals surface area contributed by atoms with Crippen molar-refractivity contribution < 1.29 is 18.3 Å². The maximum Gasteiger partial charge on any atom is 0.387 e. The van der Waals surface area contributed by atoms with E-state index in [9.17, 15) is 18.8 Å². The summed E-state index contributed by atoms with van der Waals surface area (Å²) < 4.78 is 33.2. The number of alkyl halides is 2. The molecule has 2 unspecified atom stereocenters. The first-order chi connectivity index (χ1) is 19.1. The zero-order valence-electron chi connectivity index (χ0n) is 21.7. The van der Waals surface area contributed by atoms with Crippen molar-refractivity contribution in [1.29, 1.82) is 5.26 Å². The molecule has 10 nitrogen and oxygen atoms in total. The molecule has 202 valence electrons. The Hall–Kier alpha value is -4.50. The van der Waals surface area contributed by atoms with E-state index in [2.05, 4.69) is 21.0 Å². The highest BCUT2D eigenvalue weighted by molar-refractivity contribution is 5.98. The number of ether oxygens (including phenoxy) is 1. The Kier molecular flexibility index (Phi) is 5.06. The second-order valence-corrected chi connectivity index (χ2v) is 11.2. The Labute approximate surface area is 227 Å². The van der Waals surface area contributed by atoms with Gasteiger partial charge in [0.1, 0.15) is 17.9 Å². The molecule has 2 aliphatic carbocycles. The second kappa shape index (κ2) is 8.25. The number of halogens is 2. The lowest BCUT2D eigenvalue weighted by Crippen LogP contribution is -2.54. The van der Waals surface area contributed by atoms with E-state index in [4.69, 9.17) is 15.6 Å². The van der Waals surface area contributed by atoms with Crippen LogP contribution in [0.4, 0.5) is 8.78 Å². The zero-order chi connectivity index (χ0) is 28.0. The highest BCUT2D eigenvalue weighted by Gasteiger charge is 2.53. The first kappa shape index (κ1) is 24.5. The lowest BCUT2D eigenvalue weighted by atomic mass is 9.59. The number of nitrogens with zero attached hydrogens (tertiary/aromatic N) is 7. The largest absolute Gasteiger partial charge is 0.434 e. The summed E-state index contributed by atoms with van der Waals surface area (Å²) in [5.74, 6) is -0.170. The number of amides is 1. The number of hydrogen-bond acceptors (Lipinski definition) is 8. The first-order valence-corrected chi connectivity index (χ1v) is 12.9. The summed E-state index contributed by atoms with van der Waals surface area (Å²) >= 11 is 0. The van der Waals surface area contributed by atoms with Gasteiger partial charge >= 0.3 is 6.61 Å². The van der Waals surface area contributed by atoms with Crippen LogP contribution in [0, 0.1) is 16.7 Å². The SMILES string of the molecule is CN1C(=O)c2cccc(OC(F)F)c2C2CC1c1nn3cnc(-c4cnc(C5(N)CC(C)(C#N)C5)nc4)cc3c12. The van der Waals surface area contributed by atoms with E-state index < -0.39 is 17.6 Å². The van der Waals surface area contributed by atoms with E-state index in [1.54, 1.807) is 47.3 Å². The maximum absolute atomic E-state index is 13.3. The van der Waals surface area contributed by atoms with E-state index in [1.165, 1.54) is 6.07 Å². The molecule has 1 aromatic carbocycles. The zero-order valence-corrected chi connectivity index (χ0v) is 21.7. The van der Waals surface area contributed by atoms with Gasteiger partial charge in [0.15, 0.2) is 0 Å². The van der Waals surface area contributed by atoms with E-state index in [0.29, 0.717) is 53.2 Å². The van der Waals surface area contributed by atoms with E-state index >= 15 is 0 Å². The minimum Gasteiger partial charge on any atom is -0.434 e. The molecule has 0 spiro atoms. The van der Waals surface area contributed by atoms with Crippen LogP contribution >= 0.6 is 0 Å². The van der Waals surface area contributed by atoms with Crippen molar-refractivity contribution in [3.05, 3.63) is 71.2 Å². The molecule has 12 heteroatoms. The molecule has 1 fully saturated rings. The summed E-state index contributed by atoms with van der Waals surface area (Å²) in [5.41, 5.74) is 9.61. The molecule has 1 saturated carbocycles. The maximum atomic E-state index is 13.3. The standard InChI is InChI=1S/C28H24F2N8O2/c1-27(12-31)10-28(32,11-27)25-33-8-14(9-34-25)17-7-18-22-16-6-19(23(22)36-38(18)13-35-17)37(2)24(39)15-4-3-5-20(21(15)16)40-26(29)30/h3-5,7-9,13,16,19,26H,6,10-11,32H2,1-2H3. The first-order valence-electron chi connectivity index (χ1n) is 12.9. The highest BCUT2D eigenvalue weighted by atomic mass is 19.3. The predicted octanol–water partition coefficient (Wildman–Crippen LogP) is 3.93. The summed E-state index contributed by atoms with van der Waals surface area (Å²) in [7, 11) is 1.70. The number of carbonyl (C=O) groups excluding carboxylic acids is 1. The normalized spacial score (nSPS) is 26.7. The summed E-state index contributed by atoms with van der Waals surface area (Å²) in [6.07, 6.45) is 6.38. The van der Waals surface area contributed by atoms with Crippen molar-refractivity contribution in [2.75, 3.05) is 7.05 Å². The van der Waals surface area contributed by atoms with Gasteiger partial charge in [-0.1, -0.05) is 6.07 Å². The molecule has 4 aromatic rings. The lowest BCUT2D eigenvalue weighted by molar-refractivity contribution is -0.0505. The van der Waals surface area contributed by atoms with Gasteiger partial charge in [-0.25, -0.2) is 19.5 Å². The van der Waals surface area contributed by atoms with Crippen molar-refractivity contribution in [2.45, 2.75) is 50.3 Å². The monoisotopic (exact) mass is 542 g/mol. The Balaban J connectivity index is 1.31. The Morgan fingerprint density at radius 2 is 1.95 bits per heavy atom. The van der Waals surface area contributed by atoms with Gasteiger partial charge in [-0.05, 0) is 44.4 Å². The summed E-state index contributed by atoms with van der Waals surface area (Å²) in [6, 6.07) is 8.52. The number of hydrogen-bond donors (Lipinski definition) is 1. The van der Waals surface area contributed by atoms with Crippen LogP contribution < -0.4 is 10.5 Å². The smallest absolute Gasteiger partial charge is 0.387 e. The molecule has 7 rings (SSSR count). The molecular weight excluding hydrogens is 518 g/mol. The third kappa shape index (κ3) is 3.43. The van der Waals surface area contributed by atoms with Gasteiger partial charge in [-0.15, -0.1) is 0 Å². The Bertz CT molecular complexity index is 1740. The fourth-order valence-corrected chi connectivity index (χ4v) is 6.73. The number of aromatic nitrogens is 5. The molecule has 4 heterocycles. The fraction of sp³-hybridized carbons (Fsp3) is 0.357. The van der Waals surface area contributed by atoms with Crippen LogP contribution in [-0.4, -0.2) is 49.0 Å². The molecule has 1 aliphatic heterocycles. The van der Waals surface area contributed by atoms with Crippen molar-refractivity contribution in [2.24, 2.45) is 11.1 Å². The fourth-order valence-electron chi connectivity index (χ4n) is 6.73. The average molecular weight is 543 g/mol. The van der Waals surface area contributed by atoms with Gasteiger partial charge in [0.25, 0.3) is 5.91 Å². The van der Waals surface area contributed by atoms with Crippen LogP contribution in [0.2, 0.25) is 0 Å². The van der Waals surface area contributed by atoms with Crippen LogP contribution in [0.5, 0.6) is 5.75 Å². The number of rotatable bonds is 4. The topological polar surface area (TPSA) is 135 Å². The molecular formula is C28H24F2N8O2. The van der Waals surface area contributed by atoms with E-state index in [1.807, 2.05) is 13.0 Å². The van der Waals surface area contributed by atoms with Gasteiger partial charge in [0, 0.05) is 47.6 Å². The molecule has 2 N–H and O–H groups in total. The van der Waals surface area contributed by atoms with Gasteiger partial charge in [-0.2, -0.15) is 19.1 Å². The molecule has 2 bridgehead atoms. The van der Waals surface area contributed by atoms with Crippen molar-refractivity contribution in [3.63, 3.8) is 0 Å². The van der Waals surface area contributed by atoms with Crippen molar-refractivity contribution >= 4 is 11.4 Å². The van der Waals surface area contributed by atoms with Crippen LogP contribution in [0.1, 0.15) is 71.1 Å². The van der Waals surface area contributed by atoms with Gasteiger partial charge in [0.05, 0.1) is 40.0 Å². The molecule has 3 aliphatic rings. The lowest BCUT2D eigenvalue weighted by Gasteiger charge is -2.47. The minimum absolute atomic E-state index is 0.00965. The quantitative estimate of drug-likeness (QED) is 0.410. The van der Waals surface area contributed by atoms with Gasteiger partial charge in [0.2, 0.25) is 0 Å². The number of carbonyl (C=O) groups is 1. The van der Waals surface area contributed by atoms with Crippen LogP contribution in [0.3, 0.4) is 0 Å². The molecule has 40 heavy (non-hydrogen) atoms. The number of nitriles is 1. The van der Waals surface area contributed by atoms with Crippen LogP contribution in [-0.2, 0) is 5.54 Å². The number of nitrogens with two attached hydrogens (primary N) is 1. The second-order valence-electron chi connectivity index (χ2n) is 11.2.